The average Bonchev–Trinajstić information content (AvgIpc) is 3.04. The molecule has 0 radical (unpaired) electrons. The van der Waals surface area contributed by atoms with Crippen LogP contribution in [0.1, 0.15) is 30.0 Å². The second-order valence-electron chi connectivity index (χ2n) is 9.27. The molecule has 4 N–H and O–H groups in total. The van der Waals surface area contributed by atoms with Gasteiger partial charge in [-0.05, 0) is 54.3 Å². The van der Waals surface area contributed by atoms with E-state index in [0.717, 1.165) is 38.1 Å². The maximum Gasteiger partial charge on any atom is 0.407 e. The largest absolute Gasteiger partial charge is 0.496 e. The Hall–Kier alpha value is -4.18. The highest BCUT2D eigenvalue weighted by atomic mass is 32.1. The topological polar surface area (TPSA) is 125 Å². The van der Waals surface area contributed by atoms with E-state index in [1.807, 2.05) is 54.6 Å². The minimum atomic E-state index is -1.23. The smallest absolute Gasteiger partial charge is 0.407 e. The molecular formula is C28H30N4O5S. The number of methoxy groups -OCH3 is 1. The van der Waals surface area contributed by atoms with Gasteiger partial charge in [-0.1, -0.05) is 48.6 Å². The van der Waals surface area contributed by atoms with Crippen molar-refractivity contribution in [2.45, 2.75) is 38.4 Å². The quantitative estimate of drug-likeness (QED) is 0.397. The fourth-order valence-electron chi connectivity index (χ4n) is 4.69. The number of nitrogens with two attached hydrogens (primary N) is 1. The first-order valence-corrected chi connectivity index (χ1v) is 12.6. The van der Waals surface area contributed by atoms with Crippen molar-refractivity contribution in [3.05, 3.63) is 71.3 Å². The summed E-state index contributed by atoms with van der Waals surface area (Å²) >= 11 is 5.14. The van der Waals surface area contributed by atoms with Crippen LogP contribution in [0.15, 0.2) is 54.6 Å². The number of aryl methyl sites for hydroxylation is 1. The van der Waals surface area contributed by atoms with Gasteiger partial charge in [-0.3, -0.25) is 14.5 Å². The number of fused-ring (bicyclic) bond motifs is 2. The van der Waals surface area contributed by atoms with Crippen molar-refractivity contribution >= 4 is 51.6 Å². The Morgan fingerprint density at radius 3 is 2.66 bits per heavy atom. The number of nitrogens with zero attached hydrogens (tertiary/aromatic N) is 2. The monoisotopic (exact) mass is 534 g/mol. The second kappa shape index (κ2) is 11.1. The number of benzene rings is 3. The molecule has 9 nitrogen and oxygen atoms in total. The predicted molar refractivity (Wildman–Crippen MR) is 150 cm³/mol. The lowest BCUT2D eigenvalue weighted by molar-refractivity contribution is -0.130. The van der Waals surface area contributed by atoms with Gasteiger partial charge in [0.2, 0.25) is 11.8 Å². The molecule has 2 atom stereocenters. The summed E-state index contributed by atoms with van der Waals surface area (Å²) in [5.74, 6) is -0.202. The first-order chi connectivity index (χ1) is 18.1. The number of amides is 3. The van der Waals surface area contributed by atoms with Gasteiger partial charge in [0.25, 0.3) is 0 Å². The minimum absolute atomic E-state index is 0.194. The second-order valence-corrected chi connectivity index (χ2v) is 9.71. The molecule has 1 aliphatic rings. The fraction of sp³-hybridized carbons (Fsp3) is 0.286. The summed E-state index contributed by atoms with van der Waals surface area (Å²) in [5.41, 5.74) is 9.10. The lowest BCUT2D eigenvalue weighted by Gasteiger charge is -2.29. The number of nitrogens with one attached hydrogen (secondary N) is 1. The molecule has 38 heavy (non-hydrogen) atoms. The number of likely N-dealkylation sites (N-methyl/N-ethyl adjacent to an activating group) is 1. The molecule has 10 heteroatoms. The molecule has 4 rings (SSSR count). The summed E-state index contributed by atoms with van der Waals surface area (Å²) in [7, 11) is 2.90. The van der Waals surface area contributed by atoms with Crippen LogP contribution in [0.3, 0.4) is 0 Å². The van der Waals surface area contributed by atoms with Gasteiger partial charge >= 0.3 is 6.09 Å². The standard InChI is InChI=1S/C28H30N4O5S/c1-16(31(2)28(35)36)26(33)30-22-12-9-17-6-4-5-7-23(17)32(27(22)34)15-21-20-11-8-19(25(29)38)14-18(20)10-13-24(21)37-3/h4-8,10-11,13-14,16,22H,9,12,15H2,1-3H3,(H2,29,38)(H,30,33)(H,35,36)/t16-,22-/m0/s1. The van der Waals surface area contributed by atoms with Crippen LogP contribution in [-0.2, 0) is 22.6 Å². The summed E-state index contributed by atoms with van der Waals surface area (Å²) in [5, 5.41) is 13.8. The van der Waals surface area contributed by atoms with Crippen LogP contribution in [0.4, 0.5) is 10.5 Å². The number of ether oxygens (including phenoxy) is 1. The van der Waals surface area contributed by atoms with E-state index in [2.05, 4.69) is 5.32 Å². The number of carboxylic acid groups (broad SMARTS) is 1. The summed E-state index contributed by atoms with van der Waals surface area (Å²) in [6.45, 7) is 1.68. The molecule has 0 fully saturated rings. The third-order valence-corrected chi connectivity index (χ3v) is 7.27. The van der Waals surface area contributed by atoms with Gasteiger partial charge in [0.05, 0.1) is 13.7 Å². The number of para-hydroxylation sites is 1. The molecule has 0 saturated heterocycles. The van der Waals surface area contributed by atoms with Crippen molar-refractivity contribution in [1.82, 2.24) is 10.2 Å². The van der Waals surface area contributed by atoms with Gasteiger partial charge in [0, 0.05) is 23.9 Å². The zero-order valence-electron chi connectivity index (χ0n) is 21.4. The Kier molecular flexibility index (Phi) is 7.82. The SMILES string of the molecule is COc1ccc2cc(C(N)=S)ccc2c1CN1C(=O)[C@@H](NC(=O)[C@H](C)N(C)C(=O)O)CCc2ccccc21. The van der Waals surface area contributed by atoms with Gasteiger partial charge in [0.1, 0.15) is 22.8 Å². The Morgan fingerprint density at radius 1 is 1.24 bits per heavy atom. The predicted octanol–water partition coefficient (Wildman–Crippen LogP) is 3.45. The Morgan fingerprint density at radius 2 is 1.97 bits per heavy atom. The highest BCUT2D eigenvalue weighted by molar-refractivity contribution is 7.80. The minimum Gasteiger partial charge on any atom is -0.496 e. The third-order valence-electron chi connectivity index (χ3n) is 7.04. The van der Waals surface area contributed by atoms with Gasteiger partial charge in [0.15, 0.2) is 0 Å². The van der Waals surface area contributed by atoms with Gasteiger partial charge < -0.3 is 25.8 Å². The van der Waals surface area contributed by atoms with E-state index in [1.54, 1.807) is 12.0 Å². The summed E-state index contributed by atoms with van der Waals surface area (Å²) in [4.78, 5) is 41.0. The van der Waals surface area contributed by atoms with Gasteiger partial charge in [-0.15, -0.1) is 0 Å². The first-order valence-electron chi connectivity index (χ1n) is 12.2. The Labute approximate surface area is 226 Å². The van der Waals surface area contributed by atoms with Crippen molar-refractivity contribution in [3.63, 3.8) is 0 Å². The van der Waals surface area contributed by atoms with Crippen molar-refractivity contribution in [1.29, 1.82) is 0 Å². The number of rotatable bonds is 7. The molecule has 198 valence electrons. The normalized spacial score (nSPS) is 15.8. The first kappa shape index (κ1) is 26.9. The fourth-order valence-corrected chi connectivity index (χ4v) is 4.81. The molecule has 3 aromatic rings. The molecule has 0 unspecified atom stereocenters. The molecule has 0 aromatic heterocycles. The van der Waals surface area contributed by atoms with E-state index >= 15 is 0 Å². The van der Waals surface area contributed by atoms with Crippen LogP contribution < -0.4 is 20.7 Å². The Balaban J connectivity index is 1.74. The lowest BCUT2D eigenvalue weighted by atomic mass is 10.00. The number of thiocarbonyl (C=S) groups is 1. The van der Waals surface area contributed by atoms with Gasteiger partial charge in [-0.25, -0.2) is 4.79 Å². The van der Waals surface area contributed by atoms with Gasteiger partial charge in [-0.2, -0.15) is 0 Å². The van der Waals surface area contributed by atoms with Crippen molar-refractivity contribution in [3.8, 4) is 5.75 Å². The van der Waals surface area contributed by atoms with Crippen molar-refractivity contribution in [2.24, 2.45) is 5.73 Å². The number of anilines is 1. The number of carbonyl (C=O) groups is 3. The van der Waals surface area contributed by atoms with Crippen LogP contribution in [0, 0.1) is 0 Å². The molecule has 0 saturated carbocycles. The van der Waals surface area contributed by atoms with Crippen molar-refractivity contribution < 1.29 is 24.2 Å². The third kappa shape index (κ3) is 5.26. The highest BCUT2D eigenvalue weighted by Crippen LogP contribution is 2.34. The van der Waals surface area contributed by atoms with Crippen LogP contribution in [-0.4, -0.2) is 59.1 Å². The molecule has 0 bridgehead atoms. The molecular weight excluding hydrogens is 504 g/mol. The Bertz CT molecular complexity index is 1430. The van der Waals surface area contributed by atoms with E-state index in [1.165, 1.54) is 14.0 Å². The van der Waals surface area contributed by atoms with E-state index < -0.39 is 24.1 Å². The average molecular weight is 535 g/mol. The van der Waals surface area contributed by atoms with E-state index in [4.69, 9.17) is 22.7 Å². The molecule has 3 aromatic carbocycles. The van der Waals surface area contributed by atoms with Crippen LogP contribution >= 0.6 is 12.2 Å². The molecule has 3 amide bonds. The van der Waals surface area contributed by atoms with Crippen LogP contribution in [0.5, 0.6) is 5.75 Å². The van der Waals surface area contributed by atoms with E-state index in [9.17, 15) is 19.5 Å². The summed E-state index contributed by atoms with van der Waals surface area (Å²) in [6.07, 6.45) is -0.280. The molecule has 0 aliphatic carbocycles. The van der Waals surface area contributed by atoms with E-state index in [-0.39, 0.29) is 12.5 Å². The van der Waals surface area contributed by atoms with Crippen molar-refractivity contribution in [2.75, 3.05) is 19.1 Å². The zero-order valence-corrected chi connectivity index (χ0v) is 22.2. The maximum absolute atomic E-state index is 14.0. The van der Waals surface area contributed by atoms with E-state index in [0.29, 0.717) is 23.6 Å². The highest BCUT2D eigenvalue weighted by Gasteiger charge is 2.34. The van der Waals surface area contributed by atoms with Crippen LogP contribution in [0.25, 0.3) is 10.8 Å². The number of carbonyl (C=O) groups excluding carboxylic acids is 2. The molecule has 1 heterocycles. The summed E-state index contributed by atoms with van der Waals surface area (Å²) < 4.78 is 5.68. The zero-order chi connectivity index (χ0) is 27.6. The van der Waals surface area contributed by atoms with Crippen LogP contribution in [0.2, 0.25) is 0 Å². The number of hydrogen-bond donors (Lipinski definition) is 3. The summed E-state index contributed by atoms with van der Waals surface area (Å²) in [6, 6.07) is 15.3. The number of hydrogen-bond acceptors (Lipinski definition) is 5. The maximum atomic E-state index is 14.0. The molecule has 1 aliphatic heterocycles. The molecule has 0 spiro atoms. The lowest BCUT2D eigenvalue weighted by Crippen LogP contribution is -2.53.